The molecule has 18 heavy (non-hydrogen) atoms. The van der Waals surface area contributed by atoms with Crippen molar-refractivity contribution in [3.05, 3.63) is 24.5 Å². The first-order valence-corrected chi connectivity index (χ1v) is 5.72. The minimum Gasteiger partial charge on any atom is -0.366 e. The normalized spacial score (nSPS) is 22.0. The topological polar surface area (TPSA) is 79.4 Å². The fraction of sp³-hybridized carbons (Fsp3) is 0.500. The Hall–Kier alpha value is -1.66. The number of carbonyl (C=O) groups is 1. The maximum absolute atomic E-state index is 11.0. The summed E-state index contributed by atoms with van der Waals surface area (Å²) in [5, 5.41) is 4.22. The second-order valence-corrected chi connectivity index (χ2v) is 4.72. The largest absolute Gasteiger partial charge is 0.366 e. The van der Waals surface area contributed by atoms with Crippen molar-refractivity contribution in [2.45, 2.75) is 32.3 Å². The molecule has 1 amide bonds. The van der Waals surface area contributed by atoms with Crippen LogP contribution in [0.1, 0.15) is 19.5 Å². The lowest BCUT2D eigenvalue weighted by atomic mass is 10.2. The SMILES string of the molecule is C=C(C(N)=O)c1ccn(C[C@H]2COC(C)(C)O2)n1. The highest BCUT2D eigenvalue weighted by Crippen LogP contribution is 2.23. The highest BCUT2D eigenvalue weighted by Gasteiger charge is 2.32. The first-order chi connectivity index (χ1) is 8.37. The standard InChI is InChI=1S/C12H17N3O3/c1-8(11(13)16)10-4-5-15(14-10)6-9-7-17-12(2,3)18-9/h4-5,9H,1,6-7H2,2-3H3,(H2,13,16)/t9-/m0/s1. The predicted octanol–water partition coefficient (Wildman–Crippen LogP) is 0.533. The Balaban J connectivity index is 1.99. The molecule has 0 bridgehead atoms. The van der Waals surface area contributed by atoms with Gasteiger partial charge in [0.25, 0.3) is 0 Å². The van der Waals surface area contributed by atoms with Crippen LogP contribution in [0.2, 0.25) is 0 Å². The van der Waals surface area contributed by atoms with Crippen molar-refractivity contribution in [3.8, 4) is 0 Å². The van der Waals surface area contributed by atoms with Gasteiger partial charge >= 0.3 is 0 Å². The molecular weight excluding hydrogens is 234 g/mol. The van der Waals surface area contributed by atoms with Crippen LogP contribution in [-0.4, -0.2) is 34.2 Å². The average Bonchev–Trinajstić information content (AvgIpc) is 2.85. The van der Waals surface area contributed by atoms with Crippen molar-refractivity contribution in [1.82, 2.24) is 9.78 Å². The summed E-state index contributed by atoms with van der Waals surface area (Å²) in [4.78, 5) is 11.0. The number of hydrogen-bond acceptors (Lipinski definition) is 4. The molecule has 2 rings (SSSR count). The molecule has 1 aromatic heterocycles. The van der Waals surface area contributed by atoms with Gasteiger partial charge < -0.3 is 15.2 Å². The minimum atomic E-state index is -0.568. The molecule has 1 saturated heterocycles. The number of nitrogens with zero attached hydrogens (tertiary/aromatic N) is 2. The van der Waals surface area contributed by atoms with Crippen molar-refractivity contribution in [2.75, 3.05) is 6.61 Å². The monoisotopic (exact) mass is 251 g/mol. The van der Waals surface area contributed by atoms with Crippen LogP contribution in [-0.2, 0) is 20.8 Å². The third kappa shape index (κ3) is 2.77. The summed E-state index contributed by atoms with van der Waals surface area (Å²) in [6.45, 7) is 8.42. The Kier molecular flexibility index (Phi) is 3.23. The molecular formula is C12H17N3O3. The average molecular weight is 251 g/mol. The first kappa shape index (κ1) is 12.8. The molecule has 0 spiro atoms. The molecule has 0 unspecified atom stereocenters. The van der Waals surface area contributed by atoms with E-state index in [1.54, 1.807) is 16.9 Å². The van der Waals surface area contributed by atoms with Gasteiger partial charge in [-0.05, 0) is 19.9 Å². The Morgan fingerprint density at radius 1 is 1.72 bits per heavy atom. The van der Waals surface area contributed by atoms with E-state index in [0.717, 1.165) is 0 Å². The van der Waals surface area contributed by atoms with E-state index in [-0.39, 0.29) is 11.7 Å². The van der Waals surface area contributed by atoms with Crippen LogP contribution in [0, 0.1) is 0 Å². The lowest BCUT2D eigenvalue weighted by molar-refractivity contribution is -0.139. The maximum Gasteiger partial charge on any atom is 0.250 e. The van der Waals surface area contributed by atoms with Gasteiger partial charge in [0.15, 0.2) is 5.79 Å². The summed E-state index contributed by atoms with van der Waals surface area (Å²) < 4.78 is 12.8. The molecule has 0 radical (unpaired) electrons. The number of hydrogen-bond donors (Lipinski definition) is 1. The lowest BCUT2D eigenvalue weighted by Gasteiger charge is -2.16. The number of amides is 1. The number of ether oxygens (including phenoxy) is 2. The van der Waals surface area contributed by atoms with Gasteiger partial charge in [-0.3, -0.25) is 9.48 Å². The molecule has 6 nitrogen and oxygen atoms in total. The van der Waals surface area contributed by atoms with E-state index in [9.17, 15) is 4.79 Å². The maximum atomic E-state index is 11.0. The molecule has 1 aromatic rings. The van der Waals surface area contributed by atoms with Crippen LogP contribution >= 0.6 is 0 Å². The Labute approximate surface area is 105 Å². The number of nitrogens with two attached hydrogens (primary N) is 1. The van der Waals surface area contributed by atoms with E-state index >= 15 is 0 Å². The fourth-order valence-electron chi connectivity index (χ4n) is 1.81. The van der Waals surface area contributed by atoms with Gasteiger partial charge in [0.2, 0.25) is 5.91 Å². The number of carbonyl (C=O) groups excluding carboxylic acids is 1. The van der Waals surface area contributed by atoms with Crippen molar-refractivity contribution in [1.29, 1.82) is 0 Å². The van der Waals surface area contributed by atoms with Crippen molar-refractivity contribution >= 4 is 11.5 Å². The zero-order valence-corrected chi connectivity index (χ0v) is 10.5. The summed E-state index contributed by atoms with van der Waals surface area (Å²) in [6, 6.07) is 1.70. The van der Waals surface area contributed by atoms with E-state index in [4.69, 9.17) is 15.2 Å². The van der Waals surface area contributed by atoms with Crippen LogP contribution in [0.4, 0.5) is 0 Å². The highest BCUT2D eigenvalue weighted by molar-refractivity contribution is 6.17. The molecule has 98 valence electrons. The minimum absolute atomic E-state index is 0.0467. The third-order valence-corrected chi connectivity index (χ3v) is 2.71. The molecule has 1 aliphatic rings. The van der Waals surface area contributed by atoms with Crippen LogP contribution < -0.4 is 5.73 Å². The third-order valence-electron chi connectivity index (χ3n) is 2.71. The summed E-state index contributed by atoms with van der Waals surface area (Å²) in [6.07, 6.45) is 1.72. The second-order valence-electron chi connectivity index (χ2n) is 4.72. The number of rotatable bonds is 4. The van der Waals surface area contributed by atoms with Gasteiger partial charge in [-0.15, -0.1) is 0 Å². The van der Waals surface area contributed by atoms with Gasteiger partial charge in [0.05, 0.1) is 24.4 Å². The van der Waals surface area contributed by atoms with Gasteiger partial charge in [-0.1, -0.05) is 6.58 Å². The van der Waals surface area contributed by atoms with E-state index in [1.165, 1.54) is 0 Å². The molecule has 2 heterocycles. The van der Waals surface area contributed by atoms with Crippen LogP contribution in [0.25, 0.3) is 5.57 Å². The molecule has 1 atom stereocenters. The molecule has 1 aliphatic heterocycles. The Morgan fingerprint density at radius 3 is 3.00 bits per heavy atom. The molecule has 6 heteroatoms. The molecule has 0 aliphatic carbocycles. The zero-order valence-electron chi connectivity index (χ0n) is 10.5. The predicted molar refractivity (Wildman–Crippen MR) is 65.4 cm³/mol. The molecule has 0 saturated carbocycles. The van der Waals surface area contributed by atoms with E-state index in [1.807, 2.05) is 13.8 Å². The molecule has 0 aromatic carbocycles. The van der Waals surface area contributed by atoms with Gasteiger partial charge in [-0.2, -0.15) is 5.10 Å². The van der Waals surface area contributed by atoms with Crippen LogP contribution in [0.3, 0.4) is 0 Å². The van der Waals surface area contributed by atoms with Crippen molar-refractivity contribution in [2.24, 2.45) is 5.73 Å². The first-order valence-electron chi connectivity index (χ1n) is 5.72. The van der Waals surface area contributed by atoms with Crippen molar-refractivity contribution < 1.29 is 14.3 Å². The smallest absolute Gasteiger partial charge is 0.250 e. The van der Waals surface area contributed by atoms with E-state index in [2.05, 4.69) is 11.7 Å². The number of aromatic nitrogens is 2. The summed E-state index contributed by atoms with van der Waals surface area (Å²) in [5.74, 6) is -1.11. The summed E-state index contributed by atoms with van der Waals surface area (Å²) in [5.41, 5.74) is 5.84. The van der Waals surface area contributed by atoms with E-state index < -0.39 is 11.7 Å². The molecule has 1 fully saturated rings. The zero-order chi connectivity index (χ0) is 13.3. The van der Waals surface area contributed by atoms with Crippen molar-refractivity contribution in [3.63, 3.8) is 0 Å². The van der Waals surface area contributed by atoms with Crippen LogP contribution in [0.5, 0.6) is 0 Å². The number of primary amides is 1. The van der Waals surface area contributed by atoms with Gasteiger partial charge in [-0.25, -0.2) is 0 Å². The fourth-order valence-corrected chi connectivity index (χ4v) is 1.81. The van der Waals surface area contributed by atoms with Gasteiger partial charge in [0, 0.05) is 6.20 Å². The summed E-state index contributed by atoms with van der Waals surface area (Å²) in [7, 11) is 0. The van der Waals surface area contributed by atoms with Gasteiger partial charge in [0.1, 0.15) is 6.10 Å². The lowest BCUT2D eigenvalue weighted by Crippen LogP contribution is -2.24. The highest BCUT2D eigenvalue weighted by atomic mass is 16.7. The Morgan fingerprint density at radius 2 is 2.44 bits per heavy atom. The second kappa shape index (κ2) is 4.55. The quantitative estimate of drug-likeness (QED) is 0.792. The summed E-state index contributed by atoms with van der Waals surface area (Å²) >= 11 is 0. The van der Waals surface area contributed by atoms with Crippen LogP contribution in [0.15, 0.2) is 18.8 Å². The Bertz CT molecular complexity index is 479. The van der Waals surface area contributed by atoms with E-state index in [0.29, 0.717) is 18.8 Å². The molecule has 2 N–H and O–H groups in total.